The van der Waals surface area contributed by atoms with Crippen molar-refractivity contribution in [3.8, 4) is 0 Å². The Hall–Kier alpha value is -2.41. The summed E-state index contributed by atoms with van der Waals surface area (Å²) < 4.78 is 0. The van der Waals surface area contributed by atoms with Crippen LogP contribution >= 0.6 is 11.8 Å². The highest BCUT2D eigenvalue weighted by atomic mass is 32.2. The van der Waals surface area contributed by atoms with Gasteiger partial charge in [0.25, 0.3) is 0 Å². The van der Waals surface area contributed by atoms with E-state index in [4.69, 9.17) is 5.11 Å². The zero-order valence-electron chi connectivity index (χ0n) is 15.2. The van der Waals surface area contributed by atoms with Crippen molar-refractivity contribution in [3.05, 3.63) is 52.3 Å². The number of aromatic nitrogens is 2. The van der Waals surface area contributed by atoms with Crippen LogP contribution in [0.2, 0.25) is 0 Å². The minimum Gasteiger partial charge on any atom is -0.478 e. The second-order valence-electron chi connectivity index (χ2n) is 5.96. The van der Waals surface area contributed by atoms with Crippen molar-refractivity contribution < 1.29 is 14.7 Å². The summed E-state index contributed by atoms with van der Waals surface area (Å²) >= 11 is 1.51. The third-order valence-electron chi connectivity index (χ3n) is 4.12. The lowest BCUT2D eigenvalue weighted by atomic mass is 10.1. The van der Waals surface area contributed by atoms with Crippen LogP contribution in [-0.4, -0.2) is 39.8 Å². The molecule has 0 aliphatic rings. The van der Waals surface area contributed by atoms with Crippen molar-refractivity contribution in [2.75, 3.05) is 12.8 Å². The van der Waals surface area contributed by atoms with Gasteiger partial charge in [-0.05, 0) is 56.2 Å². The van der Waals surface area contributed by atoms with Crippen LogP contribution in [0.3, 0.4) is 0 Å². The zero-order chi connectivity index (χ0) is 19.1. The highest BCUT2D eigenvalue weighted by molar-refractivity contribution is 7.98. The number of benzene rings is 1. The molecule has 0 saturated carbocycles. The maximum atomic E-state index is 12.1. The van der Waals surface area contributed by atoms with Crippen LogP contribution in [0.5, 0.6) is 0 Å². The van der Waals surface area contributed by atoms with Gasteiger partial charge in [-0.2, -0.15) is 0 Å². The number of hydrogen-bond donors (Lipinski definition) is 2. The number of carboxylic acids is 1. The third kappa shape index (κ3) is 5.56. The molecule has 1 aromatic heterocycles. The van der Waals surface area contributed by atoms with E-state index in [9.17, 15) is 9.59 Å². The van der Waals surface area contributed by atoms with Crippen LogP contribution in [0.15, 0.2) is 29.4 Å². The van der Waals surface area contributed by atoms with Gasteiger partial charge in [-0.1, -0.05) is 23.9 Å². The Labute approximate surface area is 157 Å². The summed E-state index contributed by atoms with van der Waals surface area (Å²) in [6.07, 6.45) is 3.61. The predicted molar refractivity (Wildman–Crippen MR) is 102 cm³/mol. The molecule has 2 N–H and O–H groups in total. The fraction of sp³-hybridized carbons (Fsp3) is 0.368. The van der Waals surface area contributed by atoms with Crippen LogP contribution in [-0.2, 0) is 17.6 Å². The molecule has 0 unspecified atom stereocenters. The van der Waals surface area contributed by atoms with Gasteiger partial charge in [-0.25, -0.2) is 14.8 Å². The van der Waals surface area contributed by atoms with E-state index in [1.165, 1.54) is 11.8 Å². The largest absolute Gasteiger partial charge is 0.478 e. The van der Waals surface area contributed by atoms with Crippen molar-refractivity contribution in [2.45, 2.75) is 38.3 Å². The van der Waals surface area contributed by atoms with Gasteiger partial charge in [0.2, 0.25) is 5.91 Å². The van der Waals surface area contributed by atoms with E-state index in [2.05, 4.69) is 15.3 Å². The van der Waals surface area contributed by atoms with Crippen molar-refractivity contribution in [3.63, 3.8) is 0 Å². The smallest absolute Gasteiger partial charge is 0.335 e. The first-order valence-corrected chi connectivity index (χ1v) is 9.60. The Bertz CT molecular complexity index is 768. The normalized spacial score (nSPS) is 10.6. The van der Waals surface area contributed by atoms with Crippen molar-refractivity contribution >= 4 is 23.6 Å². The SMILES string of the molecule is CSc1nc(C)c(CCC(=O)NCCc2ccc(C(=O)O)cc2)c(C)n1. The average Bonchev–Trinajstić information content (AvgIpc) is 2.61. The van der Waals surface area contributed by atoms with Gasteiger partial charge in [-0.3, -0.25) is 4.79 Å². The summed E-state index contributed by atoms with van der Waals surface area (Å²) in [7, 11) is 0. The Morgan fingerprint density at radius 2 is 1.69 bits per heavy atom. The molecule has 6 nitrogen and oxygen atoms in total. The first kappa shape index (κ1) is 19.9. The van der Waals surface area contributed by atoms with E-state index < -0.39 is 5.97 Å². The van der Waals surface area contributed by atoms with Gasteiger partial charge < -0.3 is 10.4 Å². The van der Waals surface area contributed by atoms with Crippen LogP contribution in [0, 0.1) is 13.8 Å². The van der Waals surface area contributed by atoms with Gasteiger partial charge in [0, 0.05) is 24.4 Å². The van der Waals surface area contributed by atoms with Gasteiger partial charge in [0.05, 0.1) is 5.56 Å². The molecule has 1 heterocycles. The zero-order valence-corrected chi connectivity index (χ0v) is 16.0. The first-order valence-electron chi connectivity index (χ1n) is 8.37. The van der Waals surface area contributed by atoms with Crippen molar-refractivity contribution in [2.24, 2.45) is 0 Å². The van der Waals surface area contributed by atoms with Crippen LogP contribution < -0.4 is 5.32 Å². The average molecular weight is 373 g/mol. The van der Waals surface area contributed by atoms with Gasteiger partial charge >= 0.3 is 5.97 Å². The summed E-state index contributed by atoms with van der Waals surface area (Å²) in [5.74, 6) is -0.954. The minimum absolute atomic E-state index is 0.0140. The second kappa shape index (κ2) is 9.33. The van der Waals surface area contributed by atoms with E-state index in [1.54, 1.807) is 24.3 Å². The Morgan fingerprint density at radius 1 is 1.08 bits per heavy atom. The molecule has 2 rings (SSSR count). The molecule has 7 heteroatoms. The molecule has 26 heavy (non-hydrogen) atoms. The van der Waals surface area contributed by atoms with Gasteiger partial charge in [0.15, 0.2) is 5.16 Å². The lowest BCUT2D eigenvalue weighted by Crippen LogP contribution is -2.26. The Kier molecular flexibility index (Phi) is 7.15. The molecule has 0 bridgehead atoms. The molecule has 2 aromatic rings. The number of nitrogens with zero attached hydrogens (tertiary/aromatic N) is 2. The number of carbonyl (C=O) groups excluding carboxylic acids is 1. The van der Waals surface area contributed by atoms with E-state index in [0.29, 0.717) is 25.8 Å². The maximum Gasteiger partial charge on any atom is 0.335 e. The van der Waals surface area contributed by atoms with E-state index >= 15 is 0 Å². The molecule has 138 valence electrons. The van der Waals surface area contributed by atoms with Crippen molar-refractivity contribution in [1.82, 2.24) is 15.3 Å². The topological polar surface area (TPSA) is 92.2 Å². The molecule has 0 saturated heterocycles. The van der Waals surface area contributed by atoms with E-state index in [0.717, 1.165) is 27.7 Å². The number of rotatable bonds is 8. The molecule has 0 aliphatic carbocycles. The quantitative estimate of drug-likeness (QED) is 0.546. The number of aryl methyl sites for hydroxylation is 2. The molecular formula is C19H23N3O3S. The summed E-state index contributed by atoms with van der Waals surface area (Å²) in [6.45, 7) is 4.41. The number of carboxylic acid groups (broad SMARTS) is 1. The summed E-state index contributed by atoms with van der Waals surface area (Å²) in [4.78, 5) is 31.7. The maximum absolute atomic E-state index is 12.1. The number of nitrogens with one attached hydrogen (secondary N) is 1. The van der Waals surface area contributed by atoms with Gasteiger partial charge in [0.1, 0.15) is 0 Å². The molecule has 0 fully saturated rings. The predicted octanol–water partition coefficient (Wildman–Crippen LogP) is 2.81. The van der Waals surface area contributed by atoms with E-state index in [-0.39, 0.29) is 11.5 Å². The standard InChI is InChI=1S/C19H23N3O3S/c1-12-16(13(2)22-19(21-12)26-3)8-9-17(23)20-11-10-14-4-6-15(7-5-14)18(24)25/h4-7H,8-11H2,1-3H3,(H,20,23)(H,24,25). The summed E-state index contributed by atoms with van der Waals surface area (Å²) in [6, 6.07) is 6.69. The number of carbonyl (C=O) groups is 2. The number of amides is 1. The number of aromatic carboxylic acids is 1. The van der Waals surface area contributed by atoms with Crippen LogP contribution in [0.1, 0.15) is 39.3 Å². The minimum atomic E-state index is -0.940. The highest BCUT2D eigenvalue weighted by Crippen LogP contribution is 2.17. The van der Waals surface area contributed by atoms with Crippen LogP contribution in [0.4, 0.5) is 0 Å². The number of thioether (sulfide) groups is 1. The Balaban J connectivity index is 1.80. The molecule has 0 spiro atoms. The lowest BCUT2D eigenvalue weighted by molar-refractivity contribution is -0.121. The fourth-order valence-electron chi connectivity index (χ4n) is 2.65. The fourth-order valence-corrected chi connectivity index (χ4v) is 3.11. The van der Waals surface area contributed by atoms with Crippen LogP contribution in [0.25, 0.3) is 0 Å². The molecule has 0 radical (unpaired) electrons. The monoisotopic (exact) mass is 373 g/mol. The highest BCUT2D eigenvalue weighted by Gasteiger charge is 2.10. The van der Waals surface area contributed by atoms with E-state index in [1.807, 2.05) is 20.1 Å². The second-order valence-corrected chi connectivity index (χ2v) is 6.74. The molecule has 0 atom stereocenters. The third-order valence-corrected chi connectivity index (χ3v) is 4.67. The molecular weight excluding hydrogens is 350 g/mol. The number of hydrogen-bond acceptors (Lipinski definition) is 5. The summed E-state index contributed by atoms with van der Waals surface area (Å²) in [5, 5.41) is 12.5. The molecule has 1 aromatic carbocycles. The van der Waals surface area contributed by atoms with Crippen molar-refractivity contribution in [1.29, 1.82) is 0 Å². The Morgan fingerprint density at radius 3 is 2.23 bits per heavy atom. The first-order chi connectivity index (χ1) is 12.4. The van der Waals surface area contributed by atoms with Gasteiger partial charge in [-0.15, -0.1) is 0 Å². The summed E-state index contributed by atoms with van der Waals surface area (Å²) in [5.41, 5.74) is 4.13. The molecule has 1 amide bonds. The lowest BCUT2D eigenvalue weighted by Gasteiger charge is -2.10. The molecule has 0 aliphatic heterocycles.